The van der Waals surface area contributed by atoms with E-state index in [0.29, 0.717) is 11.6 Å². The zero-order valence-electron chi connectivity index (χ0n) is 9.80. The first kappa shape index (κ1) is 12.9. The van der Waals surface area contributed by atoms with Crippen LogP contribution in [0.3, 0.4) is 0 Å². The van der Waals surface area contributed by atoms with Crippen LogP contribution in [0.2, 0.25) is 0 Å². The Morgan fingerprint density at radius 2 is 2.00 bits per heavy atom. The molecule has 1 aromatic heterocycles. The summed E-state index contributed by atoms with van der Waals surface area (Å²) in [6, 6.07) is 7.50. The number of hydrogen-bond acceptors (Lipinski definition) is 5. The Morgan fingerprint density at radius 3 is 2.67 bits per heavy atom. The number of halogens is 1. The van der Waals surface area contributed by atoms with Gasteiger partial charge in [-0.2, -0.15) is 0 Å². The second-order valence-electron chi connectivity index (χ2n) is 3.57. The number of nitrogens with two attached hydrogens (primary N) is 1. The second-order valence-corrected chi connectivity index (χ2v) is 4.43. The van der Waals surface area contributed by atoms with Crippen LogP contribution in [-0.4, -0.2) is 17.1 Å². The van der Waals surface area contributed by atoms with Crippen LogP contribution in [0.5, 0.6) is 5.88 Å². The van der Waals surface area contributed by atoms with Crippen LogP contribution >= 0.6 is 15.9 Å². The lowest BCUT2D eigenvalue weighted by molar-refractivity contribution is 0.383. The SMILES string of the molecule is COc1nccnc1C(NN)c1ccccc1Br. The predicted molar refractivity (Wildman–Crippen MR) is 71.9 cm³/mol. The van der Waals surface area contributed by atoms with E-state index in [2.05, 4.69) is 31.3 Å². The molecule has 0 amide bonds. The molecule has 0 saturated carbocycles. The topological polar surface area (TPSA) is 73.1 Å². The van der Waals surface area contributed by atoms with Gasteiger partial charge in [0.1, 0.15) is 5.69 Å². The molecule has 0 saturated heterocycles. The number of hydrogen-bond donors (Lipinski definition) is 2. The maximum absolute atomic E-state index is 5.64. The maximum Gasteiger partial charge on any atom is 0.237 e. The largest absolute Gasteiger partial charge is 0.480 e. The highest BCUT2D eigenvalue weighted by molar-refractivity contribution is 9.10. The van der Waals surface area contributed by atoms with E-state index < -0.39 is 0 Å². The Labute approximate surface area is 113 Å². The number of nitrogens with zero attached hydrogens (tertiary/aromatic N) is 2. The number of nitrogens with one attached hydrogen (secondary N) is 1. The van der Waals surface area contributed by atoms with Crippen LogP contribution in [0, 0.1) is 0 Å². The van der Waals surface area contributed by atoms with E-state index in [1.54, 1.807) is 19.5 Å². The number of benzene rings is 1. The van der Waals surface area contributed by atoms with E-state index in [1.165, 1.54) is 0 Å². The summed E-state index contributed by atoms with van der Waals surface area (Å²) in [7, 11) is 1.56. The normalized spacial score (nSPS) is 12.2. The molecule has 2 rings (SSSR count). The molecule has 0 fully saturated rings. The minimum Gasteiger partial charge on any atom is -0.480 e. The minimum atomic E-state index is -0.288. The molecule has 6 heteroatoms. The van der Waals surface area contributed by atoms with Gasteiger partial charge in [0.05, 0.1) is 13.2 Å². The third-order valence-electron chi connectivity index (χ3n) is 2.54. The summed E-state index contributed by atoms with van der Waals surface area (Å²) in [6.45, 7) is 0. The minimum absolute atomic E-state index is 0.288. The molecule has 0 aliphatic rings. The highest BCUT2D eigenvalue weighted by atomic mass is 79.9. The summed E-state index contributed by atoms with van der Waals surface area (Å²) in [6.07, 6.45) is 3.19. The predicted octanol–water partition coefficient (Wildman–Crippen LogP) is 1.80. The molecular weight excluding hydrogens is 296 g/mol. The summed E-state index contributed by atoms with van der Waals surface area (Å²) in [5, 5.41) is 0. The fraction of sp³-hybridized carbons (Fsp3) is 0.167. The molecular formula is C12H13BrN4O. The Hall–Kier alpha value is -1.50. The molecule has 3 N–H and O–H groups in total. The van der Waals surface area contributed by atoms with Gasteiger partial charge in [-0.3, -0.25) is 10.8 Å². The molecule has 1 unspecified atom stereocenters. The van der Waals surface area contributed by atoms with Gasteiger partial charge in [0.25, 0.3) is 0 Å². The van der Waals surface area contributed by atoms with Crippen molar-refractivity contribution in [2.75, 3.05) is 7.11 Å². The van der Waals surface area contributed by atoms with Gasteiger partial charge in [-0.25, -0.2) is 10.4 Å². The first-order valence-corrected chi connectivity index (χ1v) is 6.12. The lowest BCUT2D eigenvalue weighted by Gasteiger charge is -2.18. The smallest absolute Gasteiger partial charge is 0.237 e. The lowest BCUT2D eigenvalue weighted by atomic mass is 10.0. The molecule has 94 valence electrons. The van der Waals surface area contributed by atoms with Gasteiger partial charge in [-0.15, -0.1) is 0 Å². The van der Waals surface area contributed by atoms with Crippen molar-refractivity contribution in [2.45, 2.75) is 6.04 Å². The molecule has 0 aliphatic carbocycles. The molecule has 1 heterocycles. The monoisotopic (exact) mass is 308 g/mol. The van der Waals surface area contributed by atoms with Gasteiger partial charge in [0, 0.05) is 16.9 Å². The van der Waals surface area contributed by atoms with Crippen LogP contribution in [0.15, 0.2) is 41.1 Å². The third kappa shape index (κ3) is 2.50. The number of rotatable bonds is 4. The Morgan fingerprint density at radius 1 is 1.28 bits per heavy atom. The Balaban J connectivity index is 2.49. The van der Waals surface area contributed by atoms with Crippen molar-refractivity contribution in [2.24, 2.45) is 5.84 Å². The van der Waals surface area contributed by atoms with E-state index >= 15 is 0 Å². The van der Waals surface area contributed by atoms with E-state index in [9.17, 15) is 0 Å². The Bertz CT molecular complexity index is 535. The van der Waals surface area contributed by atoms with Gasteiger partial charge in [0.15, 0.2) is 0 Å². The van der Waals surface area contributed by atoms with E-state index in [0.717, 1.165) is 10.0 Å². The highest BCUT2D eigenvalue weighted by Crippen LogP contribution is 2.30. The first-order valence-electron chi connectivity index (χ1n) is 5.33. The zero-order chi connectivity index (χ0) is 13.0. The van der Waals surface area contributed by atoms with Crippen molar-refractivity contribution in [1.82, 2.24) is 15.4 Å². The lowest BCUT2D eigenvalue weighted by Crippen LogP contribution is -2.30. The number of ether oxygens (including phenoxy) is 1. The second kappa shape index (κ2) is 5.90. The van der Waals surface area contributed by atoms with Crippen molar-refractivity contribution in [3.63, 3.8) is 0 Å². The van der Waals surface area contributed by atoms with Gasteiger partial charge < -0.3 is 4.74 Å². The average Bonchev–Trinajstić information content (AvgIpc) is 2.42. The zero-order valence-corrected chi connectivity index (χ0v) is 11.4. The van der Waals surface area contributed by atoms with Crippen molar-refractivity contribution < 1.29 is 4.74 Å². The van der Waals surface area contributed by atoms with Crippen LogP contribution in [0.1, 0.15) is 17.3 Å². The Kier molecular flexibility index (Phi) is 4.24. The summed E-state index contributed by atoms with van der Waals surface area (Å²) in [5.74, 6) is 6.09. The molecule has 1 aromatic carbocycles. The number of aromatic nitrogens is 2. The van der Waals surface area contributed by atoms with Crippen molar-refractivity contribution in [1.29, 1.82) is 0 Å². The van der Waals surface area contributed by atoms with Crippen molar-refractivity contribution in [3.05, 3.63) is 52.4 Å². The van der Waals surface area contributed by atoms with Gasteiger partial charge >= 0.3 is 0 Å². The van der Waals surface area contributed by atoms with E-state index in [-0.39, 0.29) is 6.04 Å². The van der Waals surface area contributed by atoms with Gasteiger partial charge in [0.2, 0.25) is 5.88 Å². The van der Waals surface area contributed by atoms with E-state index in [4.69, 9.17) is 10.6 Å². The summed E-state index contributed by atoms with van der Waals surface area (Å²) < 4.78 is 6.15. The molecule has 1 atom stereocenters. The summed E-state index contributed by atoms with van der Waals surface area (Å²) in [4.78, 5) is 8.41. The van der Waals surface area contributed by atoms with Crippen LogP contribution in [0.25, 0.3) is 0 Å². The molecule has 0 bridgehead atoms. The summed E-state index contributed by atoms with van der Waals surface area (Å²) >= 11 is 3.50. The van der Waals surface area contributed by atoms with Crippen molar-refractivity contribution in [3.8, 4) is 5.88 Å². The summed E-state index contributed by atoms with van der Waals surface area (Å²) in [5.41, 5.74) is 4.36. The highest BCUT2D eigenvalue weighted by Gasteiger charge is 2.21. The standard InChI is InChI=1S/C12H13BrN4O/c1-18-12-11(15-6-7-16-12)10(17-14)8-4-2-3-5-9(8)13/h2-7,10,17H,14H2,1H3. The van der Waals surface area contributed by atoms with Crippen molar-refractivity contribution >= 4 is 15.9 Å². The fourth-order valence-electron chi connectivity index (χ4n) is 1.72. The molecule has 0 spiro atoms. The van der Waals surface area contributed by atoms with Gasteiger partial charge in [-0.1, -0.05) is 34.1 Å². The molecule has 18 heavy (non-hydrogen) atoms. The number of methoxy groups -OCH3 is 1. The first-order chi connectivity index (χ1) is 8.77. The molecule has 2 aromatic rings. The number of hydrazine groups is 1. The van der Waals surface area contributed by atoms with Crippen LogP contribution < -0.4 is 16.0 Å². The average molecular weight is 309 g/mol. The van der Waals surface area contributed by atoms with Gasteiger partial charge in [-0.05, 0) is 11.6 Å². The fourth-order valence-corrected chi connectivity index (χ4v) is 2.23. The third-order valence-corrected chi connectivity index (χ3v) is 3.26. The van der Waals surface area contributed by atoms with E-state index in [1.807, 2.05) is 24.3 Å². The quantitative estimate of drug-likeness (QED) is 0.665. The maximum atomic E-state index is 5.64. The molecule has 5 nitrogen and oxygen atoms in total. The van der Waals surface area contributed by atoms with Crippen LogP contribution in [0.4, 0.5) is 0 Å². The molecule has 0 aliphatic heterocycles. The molecule has 0 radical (unpaired) electrons. The van der Waals surface area contributed by atoms with Crippen LogP contribution in [-0.2, 0) is 0 Å².